The molecule has 0 aliphatic heterocycles. The molecule has 3 aromatic carbocycles. The van der Waals surface area contributed by atoms with E-state index in [-0.39, 0.29) is 17.1 Å². The van der Waals surface area contributed by atoms with Crippen molar-refractivity contribution >= 4 is 0 Å². The van der Waals surface area contributed by atoms with Gasteiger partial charge in [0, 0.05) is 11.1 Å². The van der Waals surface area contributed by atoms with Crippen LogP contribution < -0.4 is 4.74 Å². The third kappa shape index (κ3) is 5.90. The molecule has 3 rings (SSSR count). The van der Waals surface area contributed by atoms with Crippen molar-refractivity contribution < 1.29 is 22.3 Å². The smallest absolute Gasteiger partial charge is 0.404 e. The summed E-state index contributed by atoms with van der Waals surface area (Å²) in [4.78, 5) is 0. The van der Waals surface area contributed by atoms with Gasteiger partial charge in [-0.05, 0) is 73.5 Å². The average Bonchev–Trinajstić information content (AvgIpc) is 2.66. The molecule has 1 nitrogen and oxygen atoms in total. The van der Waals surface area contributed by atoms with Crippen LogP contribution in [0.2, 0.25) is 0 Å². The SMILES string of the molecule is Cc1ccc(C#Cc2ccc(C#Cc3ccc(C)cc3OC(F)(F)F)cc2)c(F)c1. The molecule has 0 radical (unpaired) electrons. The predicted octanol–water partition coefficient (Wildman–Crippen LogP) is 6.14. The van der Waals surface area contributed by atoms with Crippen LogP contribution in [-0.4, -0.2) is 6.36 Å². The van der Waals surface area contributed by atoms with E-state index in [1.807, 2.05) is 0 Å². The number of halogens is 4. The lowest BCUT2D eigenvalue weighted by Gasteiger charge is -2.11. The van der Waals surface area contributed by atoms with Gasteiger partial charge in [-0.1, -0.05) is 35.8 Å². The second-order valence-corrected chi connectivity index (χ2v) is 6.61. The Morgan fingerprint density at radius 3 is 1.70 bits per heavy atom. The van der Waals surface area contributed by atoms with Crippen LogP contribution >= 0.6 is 0 Å². The molecule has 0 aromatic heterocycles. The van der Waals surface area contributed by atoms with Crippen LogP contribution in [-0.2, 0) is 0 Å². The number of hydrogen-bond donors (Lipinski definition) is 0. The summed E-state index contributed by atoms with van der Waals surface area (Å²) < 4.78 is 55.7. The molecule has 0 atom stereocenters. The van der Waals surface area contributed by atoms with Gasteiger partial charge in [-0.2, -0.15) is 0 Å². The molecule has 150 valence electrons. The van der Waals surface area contributed by atoms with E-state index in [4.69, 9.17) is 0 Å². The van der Waals surface area contributed by atoms with Crippen LogP contribution in [0.25, 0.3) is 0 Å². The highest BCUT2D eigenvalue weighted by atomic mass is 19.4. The molecular weight excluding hydrogens is 392 g/mol. The molecule has 0 aliphatic rings. The minimum atomic E-state index is -4.79. The molecule has 0 N–H and O–H groups in total. The van der Waals surface area contributed by atoms with Crippen molar-refractivity contribution in [2.75, 3.05) is 0 Å². The van der Waals surface area contributed by atoms with Gasteiger partial charge in [-0.25, -0.2) is 4.39 Å². The van der Waals surface area contributed by atoms with Gasteiger partial charge >= 0.3 is 6.36 Å². The molecule has 0 unspecified atom stereocenters. The molecule has 0 saturated heterocycles. The Labute approximate surface area is 172 Å². The molecule has 0 fully saturated rings. The molecule has 0 heterocycles. The number of rotatable bonds is 1. The van der Waals surface area contributed by atoms with Crippen molar-refractivity contribution in [1.29, 1.82) is 0 Å². The lowest BCUT2D eigenvalue weighted by atomic mass is 10.1. The minimum absolute atomic E-state index is 0.136. The second-order valence-electron chi connectivity index (χ2n) is 6.61. The van der Waals surface area contributed by atoms with Gasteiger partial charge in [0.05, 0.1) is 11.1 Å². The summed E-state index contributed by atoms with van der Waals surface area (Å²) in [6.45, 7) is 3.47. The molecule has 30 heavy (non-hydrogen) atoms. The third-order valence-corrected chi connectivity index (χ3v) is 4.06. The fourth-order valence-corrected chi connectivity index (χ4v) is 2.58. The fraction of sp³-hybridized carbons (Fsp3) is 0.120. The van der Waals surface area contributed by atoms with Crippen LogP contribution in [0.5, 0.6) is 5.75 Å². The number of alkyl halides is 3. The molecule has 5 heteroatoms. The number of ether oxygens (including phenoxy) is 1. The van der Waals surface area contributed by atoms with Crippen molar-refractivity contribution in [1.82, 2.24) is 0 Å². The molecule has 0 saturated carbocycles. The summed E-state index contributed by atoms with van der Waals surface area (Å²) in [6.07, 6.45) is -4.79. The Morgan fingerprint density at radius 1 is 0.667 bits per heavy atom. The first kappa shape index (κ1) is 21.0. The fourth-order valence-electron chi connectivity index (χ4n) is 2.58. The topological polar surface area (TPSA) is 9.23 Å². The third-order valence-electron chi connectivity index (χ3n) is 4.06. The van der Waals surface area contributed by atoms with E-state index in [2.05, 4.69) is 28.4 Å². The van der Waals surface area contributed by atoms with Crippen molar-refractivity contribution in [3.8, 4) is 29.4 Å². The first-order chi connectivity index (χ1) is 14.2. The molecule has 0 spiro atoms. The number of hydrogen-bond acceptors (Lipinski definition) is 1. The highest BCUT2D eigenvalue weighted by Gasteiger charge is 2.32. The van der Waals surface area contributed by atoms with Gasteiger partial charge in [0.2, 0.25) is 0 Å². The van der Waals surface area contributed by atoms with Crippen molar-refractivity contribution in [2.24, 2.45) is 0 Å². The summed E-state index contributed by atoms with van der Waals surface area (Å²) in [7, 11) is 0. The first-order valence-corrected chi connectivity index (χ1v) is 8.96. The van der Waals surface area contributed by atoms with Crippen molar-refractivity contribution in [2.45, 2.75) is 20.2 Å². The lowest BCUT2D eigenvalue weighted by molar-refractivity contribution is -0.274. The highest BCUT2D eigenvalue weighted by molar-refractivity contribution is 5.52. The summed E-state index contributed by atoms with van der Waals surface area (Å²) in [5.74, 6) is 10.5. The van der Waals surface area contributed by atoms with E-state index in [0.717, 1.165) is 5.56 Å². The van der Waals surface area contributed by atoms with E-state index in [1.165, 1.54) is 18.2 Å². The lowest BCUT2D eigenvalue weighted by Crippen LogP contribution is -2.17. The van der Waals surface area contributed by atoms with E-state index < -0.39 is 6.36 Å². The molecule has 3 aromatic rings. The van der Waals surface area contributed by atoms with Gasteiger partial charge in [-0.3, -0.25) is 0 Å². The van der Waals surface area contributed by atoms with Gasteiger partial charge < -0.3 is 4.74 Å². The van der Waals surface area contributed by atoms with Crippen LogP contribution in [0, 0.1) is 43.3 Å². The van der Waals surface area contributed by atoms with Gasteiger partial charge in [0.15, 0.2) is 0 Å². The molecule has 0 amide bonds. The molecule has 0 aliphatic carbocycles. The van der Waals surface area contributed by atoms with Gasteiger partial charge in [0.1, 0.15) is 11.6 Å². The average molecular weight is 408 g/mol. The van der Waals surface area contributed by atoms with E-state index >= 15 is 0 Å². The predicted molar refractivity (Wildman–Crippen MR) is 107 cm³/mol. The molecular formula is C25H16F4O. The highest BCUT2D eigenvalue weighted by Crippen LogP contribution is 2.27. The monoisotopic (exact) mass is 408 g/mol. The summed E-state index contributed by atoms with van der Waals surface area (Å²) in [6, 6.07) is 16.1. The maximum absolute atomic E-state index is 13.8. The quantitative estimate of drug-likeness (QED) is 0.347. The van der Waals surface area contributed by atoms with Crippen molar-refractivity contribution in [3.63, 3.8) is 0 Å². The Balaban J connectivity index is 1.80. The van der Waals surface area contributed by atoms with E-state index in [1.54, 1.807) is 56.3 Å². The van der Waals surface area contributed by atoms with Crippen molar-refractivity contribution in [3.05, 3.63) is 99.9 Å². The van der Waals surface area contributed by atoms with E-state index in [0.29, 0.717) is 22.3 Å². The Morgan fingerprint density at radius 2 is 1.17 bits per heavy atom. The summed E-state index contributed by atoms with van der Waals surface area (Å²) in [5, 5.41) is 0. The Kier molecular flexibility index (Phi) is 6.14. The Hall–Kier alpha value is -3.70. The zero-order valence-electron chi connectivity index (χ0n) is 16.2. The zero-order valence-corrected chi connectivity index (χ0v) is 16.2. The van der Waals surface area contributed by atoms with Gasteiger partial charge in [-0.15, -0.1) is 13.2 Å². The maximum atomic E-state index is 13.8. The largest absolute Gasteiger partial charge is 0.573 e. The summed E-state index contributed by atoms with van der Waals surface area (Å²) in [5.41, 5.74) is 3.15. The second kappa shape index (κ2) is 8.76. The van der Waals surface area contributed by atoms with Crippen LogP contribution in [0.1, 0.15) is 33.4 Å². The van der Waals surface area contributed by atoms with E-state index in [9.17, 15) is 17.6 Å². The Bertz CT molecular complexity index is 1180. The normalized spacial score (nSPS) is 10.5. The maximum Gasteiger partial charge on any atom is 0.573 e. The minimum Gasteiger partial charge on any atom is -0.404 e. The molecule has 0 bridgehead atoms. The standard InChI is InChI=1S/C25H16F4O/c1-17-3-11-21(23(26)15-17)13-9-19-5-7-20(8-6-19)10-14-22-12-4-18(2)16-24(22)30-25(27,28)29/h3-8,11-12,15-16H,1-2H3. The van der Waals surface area contributed by atoms with Crippen LogP contribution in [0.3, 0.4) is 0 Å². The zero-order chi connectivity index (χ0) is 21.7. The van der Waals surface area contributed by atoms with Crippen LogP contribution in [0.15, 0.2) is 60.7 Å². The summed E-state index contributed by atoms with van der Waals surface area (Å²) >= 11 is 0. The number of benzene rings is 3. The van der Waals surface area contributed by atoms with Crippen LogP contribution in [0.4, 0.5) is 17.6 Å². The van der Waals surface area contributed by atoms with Gasteiger partial charge in [0.25, 0.3) is 0 Å². The number of aryl methyl sites for hydroxylation is 2. The first-order valence-electron chi connectivity index (χ1n) is 8.96.